The van der Waals surface area contributed by atoms with E-state index in [1.807, 2.05) is 66.1 Å². The quantitative estimate of drug-likeness (QED) is 0.632. The Bertz CT molecular complexity index is 479. The number of benzene rings is 2. The molecule has 4 N–H and O–H groups in total. The standard InChI is InChI=1S/C13H14N4O2/c18-13(14-16-19)15-17(11-7-3-1-4-8-11)12-9-5-2-6-10-12/h1-10,16,19H,(H2,14,15,18). The number of hydrazine groups is 2. The lowest BCUT2D eigenvalue weighted by atomic mass is 10.2. The summed E-state index contributed by atoms with van der Waals surface area (Å²) in [6.45, 7) is 0. The Labute approximate surface area is 110 Å². The Morgan fingerprint density at radius 1 is 0.895 bits per heavy atom. The van der Waals surface area contributed by atoms with Gasteiger partial charge in [0.15, 0.2) is 0 Å². The van der Waals surface area contributed by atoms with Gasteiger partial charge in [0, 0.05) is 0 Å². The number of urea groups is 1. The third-order valence-electron chi connectivity index (χ3n) is 2.41. The van der Waals surface area contributed by atoms with Crippen LogP contribution in [0.4, 0.5) is 16.2 Å². The molecule has 19 heavy (non-hydrogen) atoms. The van der Waals surface area contributed by atoms with Crippen LogP contribution in [0.2, 0.25) is 0 Å². The summed E-state index contributed by atoms with van der Waals surface area (Å²) in [5.41, 5.74) is 7.81. The molecule has 0 saturated carbocycles. The molecule has 2 amide bonds. The van der Waals surface area contributed by atoms with Crippen molar-refractivity contribution in [3.05, 3.63) is 60.7 Å². The lowest BCUT2D eigenvalue weighted by Gasteiger charge is -2.25. The highest BCUT2D eigenvalue weighted by Gasteiger charge is 2.11. The molecule has 0 aromatic heterocycles. The van der Waals surface area contributed by atoms with Gasteiger partial charge in [-0.3, -0.25) is 10.2 Å². The molecule has 0 spiro atoms. The van der Waals surface area contributed by atoms with Gasteiger partial charge in [0.25, 0.3) is 0 Å². The molecule has 98 valence electrons. The Morgan fingerprint density at radius 3 is 1.79 bits per heavy atom. The second-order valence-electron chi connectivity index (χ2n) is 3.68. The van der Waals surface area contributed by atoms with E-state index in [1.54, 1.807) is 10.6 Å². The Morgan fingerprint density at radius 2 is 1.37 bits per heavy atom. The van der Waals surface area contributed by atoms with E-state index in [9.17, 15) is 4.79 Å². The first-order valence-corrected chi connectivity index (χ1v) is 5.67. The van der Waals surface area contributed by atoms with Crippen molar-refractivity contribution in [3.8, 4) is 0 Å². The van der Waals surface area contributed by atoms with Gasteiger partial charge in [0.1, 0.15) is 0 Å². The van der Waals surface area contributed by atoms with E-state index in [1.165, 1.54) is 0 Å². The molecule has 2 rings (SSSR count). The number of nitrogens with zero attached hydrogens (tertiary/aromatic N) is 1. The van der Waals surface area contributed by atoms with E-state index >= 15 is 0 Å². The first-order chi connectivity index (χ1) is 9.31. The highest BCUT2D eigenvalue weighted by molar-refractivity contribution is 5.78. The molecule has 0 unspecified atom stereocenters. The SMILES string of the molecule is O=C(NNO)NN(c1ccccc1)c1ccccc1. The molecule has 0 radical (unpaired) electrons. The number of carbonyl (C=O) groups is 1. The highest BCUT2D eigenvalue weighted by Crippen LogP contribution is 2.22. The van der Waals surface area contributed by atoms with Gasteiger partial charge >= 0.3 is 6.03 Å². The minimum absolute atomic E-state index is 0.588. The van der Waals surface area contributed by atoms with Crippen LogP contribution in [-0.2, 0) is 0 Å². The van der Waals surface area contributed by atoms with Crippen LogP contribution in [0.1, 0.15) is 0 Å². The normalized spacial score (nSPS) is 9.74. The van der Waals surface area contributed by atoms with Crippen molar-refractivity contribution in [1.29, 1.82) is 0 Å². The fourth-order valence-corrected chi connectivity index (χ4v) is 1.61. The van der Waals surface area contributed by atoms with Crippen LogP contribution in [-0.4, -0.2) is 11.2 Å². The number of amides is 2. The molecule has 0 aliphatic heterocycles. The van der Waals surface area contributed by atoms with Crippen LogP contribution in [0.5, 0.6) is 0 Å². The van der Waals surface area contributed by atoms with E-state index in [-0.39, 0.29) is 0 Å². The number of para-hydroxylation sites is 2. The van der Waals surface area contributed by atoms with Crippen LogP contribution >= 0.6 is 0 Å². The van der Waals surface area contributed by atoms with Gasteiger partial charge in [-0.1, -0.05) is 36.4 Å². The summed E-state index contributed by atoms with van der Waals surface area (Å²) in [6, 6.07) is 18.1. The molecule has 0 aliphatic carbocycles. The minimum atomic E-state index is -0.588. The number of hydrogen-bond donors (Lipinski definition) is 4. The summed E-state index contributed by atoms with van der Waals surface area (Å²) in [5.74, 6) is 0. The number of rotatable bonds is 4. The van der Waals surface area contributed by atoms with Gasteiger partial charge in [0.2, 0.25) is 0 Å². The van der Waals surface area contributed by atoms with Gasteiger partial charge in [-0.2, -0.15) is 0 Å². The Balaban J connectivity index is 2.26. The van der Waals surface area contributed by atoms with Gasteiger partial charge in [0.05, 0.1) is 11.4 Å². The predicted molar refractivity (Wildman–Crippen MR) is 71.6 cm³/mol. The molecule has 0 fully saturated rings. The monoisotopic (exact) mass is 258 g/mol. The van der Waals surface area contributed by atoms with E-state index in [0.717, 1.165) is 11.4 Å². The molecule has 6 nitrogen and oxygen atoms in total. The van der Waals surface area contributed by atoms with E-state index in [2.05, 4.69) is 5.43 Å². The summed E-state index contributed by atoms with van der Waals surface area (Å²) < 4.78 is 0. The zero-order valence-electron chi connectivity index (χ0n) is 10.1. The van der Waals surface area contributed by atoms with Crippen molar-refractivity contribution < 1.29 is 10.0 Å². The van der Waals surface area contributed by atoms with Gasteiger partial charge in [-0.05, 0) is 24.3 Å². The molecule has 2 aromatic carbocycles. The van der Waals surface area contributed by atoms with Crippen molar-refractivity contribution in [3.63, 3.8) is 0 Å². The zero-order chi connectivity index (χ0) is 13.5. The third kappa shape index (κ3) is 3.44. The van der Waals surface area contributed by atoms with Crippen LogP contribution in [0.15, 0.2) is 60.7 Å². The average Bonchev–Trinajstić information content (AvgIpc) is 2.47. The van der Waals surface area contributed by atoms with Crippen LogP contribution < -0.4 is 21.4 Å². The lowest BCUT2D eigenvalue weighted by Crippen LogP contribution is -2.49. The minimum Gasteiger partial charge on any atom is -0.297 e. The number of nitrogens with one attached hydrogen (secondary N) is 3. The average molecular weight is 258 g/mol. The maximum atomic E-state index is 11.5. The van der Waals surface area contributed by atoms with E-state index < -0.39 is 6.03 Å². The van der Waals surface area contributed by atoms with Crippen LogP contribution in [0.25, 0.3) is 0 Å². The maximum absolute atomic E-state index is 11.5. The topological polar surface area (TPSA) is 76.6 Å². The summed E-state index contributed by atoms with van der Waals surface area (Å²) in [4.78, 5) is 11.5. The first-order valence-electron chi connectivity index (χ1n) is 5.67. The summed E-state index contributed by atoms with van der Waals surface area (Å²) in [5, 5.41) is 10.1. The lowest BCUT2D eigenvalue weighted by molar-refractivity contribution is 0.126. The first kappa shape index (κ1) is 12.9. The number of hydrogen-bond acceptors (Lipinski definition) is 4. The van der Waals surface area contributed by atoms with Crippen molar-refractivity contribution in [2.75, 3.05) is 5.01 Å². The van der Waals surface area contributed by atoms with Gasteiger partial charge < -0.3 is 0 Å². The fourth-order valence-electron chi connectivity index (χ4n) is 1.61. The van der Waals surface area contributed by atoms with Crippen molar-refractivity contribution >= 4 is 17.4 Å². The van der Waals surface area contributed by atoms with Crippen LogP contribution in [0.3, 0.4) is 0 Å². The second kappa shape index (κ2) is 6.39. The Hall–Kier alpha value is -2.57. The molecule has 0 atom stereocenters. The molecule has 0 heterocycles. The summed E-state index contributed by atoms with van der Waals surface area (Å²) in [7, 11) is 0. The number of anilines is 2. The molecule has 0 bridgehead atoms. The highest BCUT2D eigenvalue weighted by atomic mass is 16.5. The fraction of sp³-hybridized carbons (Fsp3) is 0. The molecule has 2 aromatic rings. The molecular formula is C13H14N4O2. The van der Waals surface area contributed by atoms with Crippen molar-refractivity contribution in [2.24, 2.45) is 0 Å². The summed E-state index contributed by atoms with van der Waals surface area (Å²) >= 11 is 0. The number of carbonyl (C=O) groups excluding carboxylic acids is 1. The van der Waals surface area contributed by atoms with Crippen molar-refractivity contribution in [2.45, 2.75) is 0 Å². The molecule has 0 saturated heterocycles. The predicted octanol–water partition coefficient (Wildman–Crippen LogP) is 1.93. The van der Waals surface area contributed by atoms with Crippen molar-refractivity contribution in [1.82, 2.24) is 16.4 Å². The smallest absolute Gasteiger partial charge is 0.297 e. The Kier molecular flexibility index (Phi) is 4.33. The van der Waals surface area contributed by atoms with Crippen LogP contribution in [0, 0.1) is 0 Å². The summed E-state index contributed by atoms with van der Waals surface area (Å²) in [6.07, 6.45) is 0. The van der Waals surface area contributed by atoms with Gasteiger partial charge in [-0.25, -0.2) is 15.6 Å². The molecule has 6 heteroatoms. The van der Waals surface area contributed by atoms with E-state index in [4.69, 9.17) is 5.21 Å². The van der Waals surface area contributed by atoms with E-state index in [0.29, 0.717) is 0 Å². The zero-order valence-corrected chi connectivity index (χ0v) is 10.1. The maximum Gasteiger partial charge on any atom is 0.350 e. The molecular weight excluding hydrogens is 244 g/mol. The van der Waals surface area contributed by atoms with Gasteiger partial charge in [-0.15, -0.1) is 5.59 Å². The third-order valence-corrected chi connectivity index (χ3v) is 2.41. The second-order valence-corrected chi connectivity index (χ2v) is 3.68. The molecule has 0 aliphatic rings. The largest absolute Gasteiger partial charge is 0.350 e.